The number of methoxy groups -OCH3 is 1. The topological polar surface area (TPSA) is 90.0 Å². The highest BCUT2D eigenvalue weighted by Gasteiger charge is 2.19. The van der Waals surface area contributed by atoms with Crippen LogP contribution in [0.1, 0.15) is 26.6 Å². The lowest BCUT2D eigenvalue weighted by molar-refractivity contribution is -0.115. The summed E-state index contributed by atoms with van der Waals surface area (Å²) in [5.41, 5.74) is 3.42. The molecule has 1 aromatic heterocycles. The maximum Gasteiger partial charge on any atom is 0.340 e. The monoisotopic (exact) mass is 481 g/mol. The van der Waals surface area contributed by atoms with Crippen molar-refractivity contribution in [1.82, 2.24) is 4.98 Å². The molecular formula is C25H27N3O5S. The highest BCUT2D eigenvalue weighted by Crippen LogP contribution is 2.25. The number of benzene rings is 2. The van der Waals surface area contributed by atoms with E-state index >= 15 is 0 Å². The summed E-state index contributed by atoms with van der Waals surface area (Å²) in [5, 5.41) is 5.46. The van der Waals surface area contributed by atoms with Gasteiger partial charge in [0.05, 0.1) is 43.7 Å². The average molecular weight is 482 g/mol. The molecule has 2 heterocycles. The molecule has 0 spiro atoms. The fraction of sp³-hybridized carbons (Fsp3) is 0.320. The Bertz CT molecular complexity index is 1140. The van der Waals surface area contributed by atoms with E-state index in [1.54, 1.807) is 12.1 Å². The van der Waals surface area contributed by atoms with E-state index in [1.807, 2.05) is 42.6 Å². The van der Waals surface area contributed by atoms with Crippen LogP contribution in [-0.2, 0) is 27.3 Å². The van der Waals surface area contributed by atoms with Crippen LogP contribution in [-0.4, -0.2) is 50.3 Å². The zero-order valence-corrected chi connectivity index (χ0v) is 20.0. The fourth-order valence-corrected chi connectivity index (χ4v) is 4.28. The zero-order valence-electron chi connectivity index (χ0n) is 19.2. The molecule has 178 valence electrons. The minimum atomic E-state index is -0.505. The Balaban J connectivity index is 1.38. The largest absolute Gasteiger partial charge is 0.486 e. The first-order valence-corrected chi connectivity index (χ1v) is 11.9. The Morgan fingerprint density at radius 3 is 2.65 bits per heavy atom. The number of nitrogens with one attached hydrogen (secondary N) is 1. The molecule has 8 nitrogen and oxygen atoms in total. The van der Waals surface area contributed by atoms with Gasteiger partial charge in [0, 0.05) is 24.2 Å². The molecule has 1 N–H and O–H groups in total. The smallest absolute Gasteiger partial charge is 0.340 e. The van der Waals surface area contributed by atoms with Crippen molar-refractivity contribution in [3.8, 4) is 5.75 Å². The third-order valence-electron chi connectivity index (χ3n) is 5.38. The van der Waals surface area contributed by atoms with Crippen molar-refractivity contribution in [2.24, 2.45) is 0 Å². The summed E-state index contributed by atoms with van der Waals surface area (Å²) in [5.74, 6) is 0.00569. The lowest BCUT2D eigenvalue weighted by Crippen LogP contribution is -2.36. The van der Waals surface area contributed by atoms with Crippen molar-refractivity contribution in [2.45, 2.75) is 20.0 Å². The summed E-state index contributed by atoms with van der Waals surface area (Å²) >= 11 is 1.44. The SMILES string of the molecule is COC(=O)c1cc(N2CCOCC2)ccc1NC(=O)Cc1csc(COc2ccc(C)cc2)n1. The third kappa shape index (κ3) is 6.12. The molecule has 3 aromatic rings. The number of esters is 1. The first-order chi connectivity index (χ1) is 16.5. The fourth-order valence-electron chi connectivity index (χ4n) is 3.57. The number of ether oxygens (including phenoxy) is 3. The van der Waals surface area contributed by atoms with Crippen molar-refractivity contribution >= 4 is 34.6 Å². The van der Waals surface area contributed by atoms with E-state index in [1.165, 1.54) is 24.0 Å². The normalized spacial score (nSPS) is 13.4. The number of carbonyl (C=O) groups is 2. The number of nitrogens with zero attached hydrogens (tertiary/aromatic N) is 2. The Morgan fingerprint density at radius 2 is 1.91 bits per heavy atom. The molecule has 1 saturated heterocycles. The van der Waals surface area contributed by atoms with Crippen molar-refractivity contribution in [3.05, 3.63) is 69.7 Å². The van der Waals surface area contributed by atoms with Gasteiger partial charge in [0.2, 0.25) is 5.91 Å². The van der Waals surface area contributed by atoms with Gasteiger partial charge < -0.3 is 24.4 Å². The first kappa shape index (κ1) is 23.7. The van der Waals surface area contributed by atoms with Crippen LogP contribution in [0, 0.1) is 6.92 Å². The average Bonchev–Trinajstić information content (AvgIpc) is 3.31. The van der Waals surface area contributed by atoms with Gasteiger partial charge in [-0.05, 0) is 37.3 Å². The molecule has 34 heavy (non-hydrogen) atoms. The van der Waals surface area contributed by atoms with E-state index in [0.29, 0.717) is 36.8 Å². The molecule has 0 radical (unpaired) electrons. The number of aromatic nitrogens is 1. The van der Waals surface area contributed by atoms with Crippen molar-refractivity contribution < 1.29 is 23.8 Å². The summed E-state index contributed by atoms with van der Waals surface area (Å²) in [7, 11) is 1.32. The number of hydrogen-bond acceptors (Lipinski definition) is 8. The Hall–Kier alpha value is -3.43. The minimum absolute atomic E-state index is 0.0901. The highest BCUT2D eigenvalue weighted by atomic mass is 32.1. The van der Waals surface area contributed by atoms with Crippen LogP contribution < -0.4 is 15.0 Å². The number of morpholine rings is 1. The molecule has 1 amide bonds. The number of carbonyl (C=O) groups excluding carboxylic acids is 2. The minimum Gasteiger partial charge on any atom is -0.486 e. The van der Waals surface area contributed by atoms with Gasteiger partial charge >= 0.3 is 5.97 Å². The van der Waals surface area contributed by atoms with Crippen LogP contribution >= 0.6 is 11.3 Å². The lowest BCUT2D eigenvalue weighted by atomic mass is 10.1. The Labute approximate surface area is 202 Å². The van der Waals surface area contributed by atoms with Crippen LogP contribution in [0.3, 0.4) is 0 Å². The quantitative estimate of drug-likeness (QED) is 0.489. The van der Waals surface area contributed by atoms with E-state index in [0.717, 1.165) is 29.5 Å². The second kappa shape index (κ2) is 11.1. The summed E-state index contributed by atoms with van der Waals surface area (Å²) in [6.07, 6.45) is 0.0901. The molecule has 0 aliphatic carbocycles. The summed E-state index contributed by atoms with van der Waals surface area (Å²) in [6, 6.07) is 13.2. The number of thiazole rings is 1. The zero-order chi connectivity index (χ0) is 23.9. The van der Waals surface area contributed by atoms with Crippen molar-refractivity contribution in [1.29, 1.82) is 0 Å². The molecule has 0 bridgehead atoms. The van der Waals surface area contributed by atoms with Crippen LogP contribution in [0.2, 0.25) is 0 Å². The molecule has 9 heteroatoms. The van der Waals surface area contributed by atoms with E-state index in [4.69, 9.17) is 14.2 Å². The van der Waals surface area contributed by atoms with E-state index in [9.17, 15) is 9.59 Å². The molecular weight excluding hydrogens is 454 g/mol. The Morgan fingerprint density at radius 1 is 1.15 bits per heavy atom. The van der Waals surface area contributed by atoms with Crippen LogP contribution in [0.5, 0.6) is 5.75 Å². The second-order valence-electron chi connectivity index (χ2n) is 7.88. The second-order valence-corrected chi connectivity index (χ2v) is 8.82. The van der Waals surface area contributed by atoms with Gasteiger partial charge in [-0.2, -0.15) is 0 Å². The lowest BCUT2D eigenvalue weighted by Gasteiger charge is -2.29. The number of hydrogen-bond donors (Lipinski definition) is 1. The van der Waals surface area contributed by atoms with Gasteiger partial charge in [-0.3, -0.25) is 4.79 Å². The van der Waals surface area contributed by atoms with Gasteiger partial charge in [0.15, 0.2) is 0 Å². The summed E-state index contributed by atoms with van der Waals surface area (Å²) in [6.45, 7) is 5.12. The van der Waals surface area contributed by atoms with Gasteiger partial charge in [-0.25, -0.2) is 9.78 Å². The molecule has 0 unspecified atom stereocenters. The molecule has 0 saturated carbocycles. The molecule has 4 rings (SSSR count). The third-order valence-corrected chi connectivity index (χ3v) is 6.25. The van der Waals surface area contributed by atoms with E-state index in [2.05, 4.69) is 15.2 Å². The van der Waals surface area contributed by atoms with Gasteiger partial charge in [0.25, 0.3) is 0 Å². The van der Waals surface area contributed by atoms with Crippen molar-refractivity contribution in [3.63, 3.8) is 0 Å². The number of aryl methyl sites for hydroxylation is 1. The van der Waals surface area contributed by atoms with Gasteiger partial charge in [0.1, 0.15) is 17.4 Å². The summed E-state index contributed by atoms with van der Waals surface area (Å²) < 4.78 is 16.1. The van der Waals surface area contributed by atoms with Gasteiger partial charge in [-0.1, -0.05) is 17.7 Å². The predicted molar refractivity (Wildman–Crippen MR) is 131 cm³/mol. The molecule has 2 aromatic carbocycles. The summed E-state index contributed by atoms with van der Waals surface area (Å²) in [4.78, 5) is 31.7. The number of amides is 1. The predicted octanol–water partition coefficient (Wildman–Crippen LogP) is 3.83. The first-order valence-electron chi connectivity index (χ1n) is 11.0. The van der Waals surface area contributed by atoms with Crippen molar-refractivity contribution in [2.75, 3.05) is 43.6 Å². The highest BCUT2D eigenvalue weighted by molar-refractivity contribution is 7.09. The Kier molecular flexibility index (Phi) is 7.76. The molecule has 0 atom stereocenters. The van der Waals surface area contributed by atoms with Crippen LogP contribution in [0.15, 0.2) is 47.8 Å². The van der Waals surface area contributed by atoms with E-state index < -0.39 is 5.97 Å². The number of rotatable bonds is 8. The van der Waals surface area contributed by atoms with Crippen LogP contribution in [0.25, 0.3) is 0 Å². The van der Waals surface area contributed by atoms with E-state index in [-0.39, 0.29) is 12.3 Å². The maximum atomic E-state index is 12.7. The maximum absolute atomic E-state index is 12.7. The molecule has 1 fully saturated rings. The number of anilines is 2. The van der Waals surface area contributed by atoms with Crippen LogP contribution in [0.4, 0.5) is 11.4 Å². The standard InChI is InChI=1S/C25H27N3O5S/c1-17-3-6-20(7-4-17)33-15-24-26-18(16-34-24)13-23(29)27-22-8-5-19(14-21(22)25(30)31-2)28-9-11-32-12-10-28/h3-8,14,16H,9-13,15H2,1-2H3,(H,27,29). The van der Waals surface area contributed by atoms with Gasteiger partial charge in [-0.15, -0.1) is 11.3 Å². The molecule has 1 aliphatic rings. The molecule has 1 aliphatic heterocycles.